The number of aliphatic imine (C=N–C) groups is 1. The van der Waals surface area contributed by atoms with E-state index >= 15 is 0 Å². The summed E-state index contributed by atoms with van der Waals surface area (Å²) in [6.45, 7) is 0. The van der Waals surface area contributed by atoms with Gasteiger partial charge in [-0.1, -0.05) is 109 Å². The molecule has 5 heteroatoms. The summed E-state index contributed by atoms with van der Waals surface area (Å²) in [6, 6.07) is 60.0. The summed E-state index contributed by atoms with van der Waals surface area (Å²) >= 11 is 0. The fraction of sp³-hybridized carbons (Fsp3) is 0.0377. The van der Waals surface area contributed by atoms with E-state index in [1.165, 1.54) is 33.0 Å². The molecule has 0 radical (unpaired) electrons. The van der Waals surface area contributed by atoms with Crippen molar-refractivity contribution in [2.45, 2.75) is 6.10 Å². The zero-order chi connectivity index (χ0) is 38.2. The lowest BCUT2D eigenvalue weighted by atomic mass is 9.81. The molecule has 5 nitrogen and oxygen atoms in total. The third-order valence-corrected chi connectivity index (χ3v) is 11.8. The second kappa shape index (κ2) is 13.0. The van der Waals surface area contributed by atoms with Gasteiger partial charge in [-0.2, -0.15) is 0 Å². The van der Waals surface area contributed by atoms with Gasteiger partial charge in [0.1, 0.15) is 11.2 Å². The number of allylic oxidation sites excluding steroid dienone is 5. The lowest BCUT2D eigenvalue weighted by molar-refractivity contribution is 0.212. The number of rotatable bonds is 6. The Hall–Kier alpha value is -7.63. The molecule has 2 aromatic heterocycles. The first-order valence-electron chi connectivity index (χ1n) is 19.8. The second-order valence-electron chi connectivity index (χ2n) is 15.1. The molecule has 3 heterocycles. The predicted octanol–water partition coefficient (Wildman–Crippen LogP) is 13.4. The SMILES string of the molecule is C1=CC2C(=CC=C3N=C(c4ccccc4)OC32)C=C1c1ccc(N(c2ccc3oc4ccccc4c3c2)c2ccc3c(c2)c2ccccc2n3-c2ccccc2)cc1. The van der Waals surface area contributed by atoms with Gasteiger partial charge in [0.05, 0.1) is 16.7 Å². The fourth-order valence-electron chi connectivity index (χ4n) is 8.99. The molecule has 0 bridgehead atoms. The van der Waals surface area contributed by atoms with Crippen LogP contribution in [0.3, 0.4) is 0 Å². The second-order valence-corrected chi connectivity index (χ2v) is 15.1. The highest BCUT2D eigenvalue weighted by molar-refractivity contribution is 6.11. The van der Waals surface area contributed by atoms with Crippen molar-refractivity contribution >= 4 is 72.3 Å². The van der Waals surface area contributed by atoms with Crippen molar-refractivity contribution in [2.75, 3.05) is 4.90 Å². The van der Waals surface area contributed by atoms with E-state index in [1.54, 1.807) is 0 Å². The van der Waals surface area contributed by atoms with Gasteiger partial charge in [0.25, 0.3) is 0 Å². The molecule has 0 fully saturated rings. The Morgan fingerprint density at radius 2 is 1.21 bits per heavy atom. The molecule has 7 aromatic carbocycles. The van der Waals surface area contributed by atoms with Gasteiger partial charge in [-0.05, 0) is 108 Å². The van der Waals surface area contributed by atoms with Gasteiger partial charge in [-0.25, -0.2) is 4.99 Å². The van der Waals surface area contributed by atoms with Crippen LogP contribution in [0.1, 0.15) is 11.1 Å². The van der Waals surface area contributed by atoms with Crippen LogP contribution < -0.4 is 4.90 Å². The molecule has 0 spiro atoms. The normalized spacial score (nSPS) is 17.1. The molecule has 12 rings (SSSR count). The van der Waals surface area contributed by atoms with Crippen molar-refractivity contribution in [2.24, 2.45) is 10.9 Å². The molecule has 58 heavy (non-hydrogen) atoms. The first-order valence-corrected chi connectivity index (χ1v) is 19.8. The smallest absolute Gasteiger partial charge is 0.221 e. The van der Waals surface area contributed by atoms with E-state index in [-0.39, 0.29) is 12.0 Å². The van der Waals surface area contributed by atoms with Crippen molar-refractivity contribution in [1.29, 1.82) is 0 Å². The summed E-state index contributed by atoms with van der Waals surface area (Å²) in [5, 5.41) is 4.61. The highest BCUT2D eigenvalue weighted by Crippen LogP contribution is 2.43. The summed E-state index contributed by atoms with van der Waals surface area (Å²) in [5.74, 6) is 0.802. The van der Waals surface area contributed by atoms with Crippen LogP contribution in [0.2, 0.25) is 0 Å². The number of hydrogen-bond donors (Lipinski definition) is 0. The number of aromatic nitrogens is 1. The Bertz CT molecular complexity index is 3250. The number of furan rings is 1. The Morgan fingerprint density at radius 3 is 2.05 bits per heavy atom. The molecule has 9 aromatic rings. The van der Waals surface area contributed by atoms with Crippen molar-refractivity contribution < 1.29 is 9.15 Å². The molecule has 0 amide bonds. The van der Waals surface area contributed by atoms with Crippen LogP contribution in [-0.4, -0.2) is 16.6 Å². The molecular formula is C53H35N3O2. The third kappa shape index (κ3) is 5.21. The Morgan fingerprint density at radius 1 is 0.534 bits per heavy atom. The lowest BCUT2D eigenvalue weighted by Crippen LogP contribution is -2.26. The van der Waals surface area contributed by atoms with Crippen LogP contribution in [0.25, 0.3) is 55.0 Å². The van der Waals surface area contributed by atoms with Crippen LogP contribution >= 0.6 is 0 Å². The quantitative estimate of drug-likeness (QED) is 0.170. The zero-order valence-corrected chi connectivity index (χ0v) is 31.4. The minimum atomic E-state index is -0.121. The van der Waals surface area contributed by atoms with E-state index in [2.05, 4.69) is 167 Å². The number of ether oxygens (including phenoxy) is 1. The number of para-hydroxylation sites is 3. The van der Waals surface area contributed by atoms with Gasteiger partial charge in [0.2, 0.25) is 5.90 Å². The zero-order valence-electron chi connectivity index (χ0n) is 31.4. The summed E-state index contributed by atoms with van der Waals surface area (Å²) in [4.78, 5) is 7.20. The Balaban J connectivity index is 0.944. The molecule has 1 aliphatic heterocycles. The number of hydrogen-bond acceptors (Lipinski definition) is 4. The number of nitrogens with zero attached hydrogens (tertiary/aromatic N) is 3. The molecule has 0 saturated carbocycles. The van der Waals surface area contributed by atoms with Crippen molar-refractivity contribution in [3.05, 3.63) is 223 Å². The number of fused-ring (bicyclic) bond motifs is 9. The van der Waals surface area contributed by atoms with E-state index in [0.717, 1.165) is 61.5 Å². The fourth-order valence-corrected chi connectivity index (χ4v) is 8.99. The molecule has 0 saturated heterocycles. The first kappa shape index (κ1) is 32.6. The summed E-state index contributed by atoms with van der Waals surface area (Å²) in [7, 11) is 0. The van der Waals surface area contributed by atoms with Gasteiger partial charge in [-0.15, -0.1) is 0 Å². The predicted molar refractivity (Wildman–Crippen MR) is 237 cm³/mol. The van der Waals surface area contributed by atoms with Crippen LogP contribution in [0.15, 0.2) is 221 Å². The average Bonchev–Trinajstić information content (AvgIpc) is 3.99. The van der Waals surface area contributed by atoms with Crippen molar-refractivity contribution in [1.82, 2.24) is 4.57 Å². The van der Waals surface area contributed by atoms with Crippen molar-refractivity contribution in [3.8, 4) is 5.69 Å². The maximum Gasteiger partial charge on any atom is 0.221 e. The van der Waals surface area contributed by atoms with E-state index in [1.807, 2.05) is 42.5 Å². The van der Waals surface area contributed by atoms with Crippen LogP contribution in [0.4, 0.5) is 17.1 Å². The van der Waals surface area contributed by atoms with E-state index in [0.29, 0.717) is 5.90 Å². The molecule has 3 aliphatic rings. The highest BCUT2D eigenvalue weighted by Gasteiger charge is 2.36. The van der Waals surface area contributed by atoms with E-state index in [4.69, 9.17) is 14.1 Å². The standard InChI is InChI=1S/C53H35N3O2/c1-3-11-35(12-4-1)53-54-47-28-22-37-31-36(21-27-42(37)52(47)58-53)34-19-23-39(24-20-34)55(41-26-30-51-46(33-41)44-16-8-10-18-50(44)57-51)40-25-29-49-45(32-40)43-15-7-9-17-48(43)56(49)38-13-5-2-6-14-38/h1-33,42,52H. The maximum atomic E-state index is 6.46. The van der Waals surface area contributed by atoms with Gasteiger partial charge in [0.15, 0.2) is 6.10 Å². The number of anilines is 3. The molecular weight excluding hydrogens is 711 g/mol. The van der Waals surface area contributed by atoms with Crippen LogP contribution in [0.5, 0.6) is 0 Å². The highest BCUT2D eigenvalue weighted by atomic mass is 16.5. The van der Waals surface area contributed by atoms with Gasteiger partial charge in [0, 0.05) is 55.8 Å². The van der Waals surface area contributed by atoms with Crippen molar-refractivity contribution in [3.63, 3.8) is 0 Å². The average molecular weight is 746 g/mol. The molecule has 274 valence electrons. The molecule has 2 aliphatic carbocycles. The van der Waals surface area contributed by atoms with Crippen LogP contribution in [0, 0.1) is 5.92 Å². The van der Waals surface area contributed by atoms with Gasteiger partial charge in [-0.3, -0.25) is 0 Å². The monoisotopic (exact) mass is 745 g/mol. The van der Waals surface area contributed by atoms with Gasteiger partial charge < -0.3 is 18.6 Å². The minimum absolute atomic E-state index is 0.111. The topological polar surface area (TPSA) is 42.9 Å². The van der Waals surface area contributed by atoms with E-state index in [9.17, 15) is 0 Å². The maximum absolute atomic E-state index is 6.46. The lowest BCUT2D eigenvalue weighted by Gasteiger charge is -2.28. The summed E-state index contributed by atoms with van der Waals surface area (Å²) < 4.78 is 15.1. The van der Waals surface area contributed by atoms with Crippen LogP contribution in [-0.2, 0) is 4.74 Å². The summed E-state index contributed by atoms with van der Waals surface area (Å²) in [5.41, 5.74) is 14.0. The Kier molecular flexibility index (Phi) is 7.29. The largest absolute Gasteiger partial charge is 0.466 e. The third-order valence-electron chi connectivity index (χ3n) is 11.8. The summed E-state index contributed by atoms with van der Waals surface area (Å²) in [6.07, 6.45) is 11.0. The number of benzene rings is 7. The molecule has 2 unspecified atom stereocenters. The Labute approximate surface area is 335 Å². The first-order chi connectivity index (χ1) is 28.7. The molecule has 2 atom stereocenters. The molecule has 0 N–H and O–H groups in total. The van der Waals surface area contributed by atoms with Gasteiger partial charge >= 0.3 is 0 Å². The minimum Gasteiger partial charge on any atom is -0.466 e. The van der Waals surface area contributed by atoms with E-state index < -0.39 is 0 Å².